The van der Waals surface area contributed by atoms with Crippen LogP contribution in [0.15, 0.2) is 43.1 Å². The quantitative estimate of drug-likeness (QED) is 0.781. The maximum Gasteiger partial charge on any atom is 0.216 e. The fourth-order valence-corrected chi connectivity index (χ4v) is 2.50. The summed E-state index contributed by atoms with van der Waals surface area (Å²) in [5, 5.41) is 1.07. The van der Waals surface area contributed by atoms with Crippen LogP contribution in [0.3, 0.4) is 0 Å². The molecule has 0 fully saturated rings. The monoisotopic (exact) mass is 310 g/mol. The summed E-state index contributed by atoms with van der Waals surface area (Å²) in [7, 11) is 4.80. The fourth-order valence-electron chi connectivity index (χ4n) is 2.50. The average Bonchev–Trinajstić information content (AvgIpc) is 3.03. The number of nitrogens with one attached hydrogen (secondary N) is 1. The molecule has 118 valence electrons. The third-order valence-electron chi connectivity index (χ3n) is 3.76. The van der Waals surface area contributed by atoms with Crippen LogP contribution >= 0.6 is 0 Å². The number of hydrogen-bond acceptors (Lipinski definition) is 4. The minimum atomic E-state index is 0.488. The first-order chi connectivity index (χ1) is 11.2. The van der Waals surface area contributed by atoms with Gasteiger partial charge >= 0.3 is 0 Å². The number of ether oxygens (including phenoxy) is 3. The molecular weight excluding hydrogens is 292 g/mol. The van der Waals surface area contributed by atoms with E-state index in [1.165, 1.54) is 0 Å². The van der Waals surface area contributed by atoms with Crippen LogP contribution in [0.4, 0.5) is 0 Å². The van der Waals surface area contributed by atoms with Crippen molar-refractivity contribution in [3.8, 4) is 17.5 Å². The molecule has 1 N–H and O–H groups in total. The van der Waals surface area contributed by atoms with Gasteiger partial charge in [-0.3, -0.25) is 0 Å². The van der Waals surface area contributed by atoms with Gasteiger partial charge in [0.1, 0.15) is 5.75 Å². The maximum absolute atomic E-state index is 5.25. The molecule has 0 saturated carbocycles. The zero-order valence-electron chi connectivity index (χ0n) is 13.3. The summed E-state index contributed by atoms with van der Waals surface area (Å²) < 4.78 is 15.7. The van der Waals surface area contributed by atoms with Crippen molar-refractivity contribution in [2.45, 2.75) is 0 Å². The number of H-pyrrole nitrogens is 1. The summed E-state index contributed by atoms with van der Waals surface area (Å²) in [6, 6.07) is 9.59. The van der Waals surface area contributed by atoms with Gasteiger partial charge in [-0.15, -0.1) is 0 Å². The number of methoxy groups -OCH3 is 3. The minimum Gasteiger partial charge on any atom is -0.497 e. The Morgan fingerprint density at radius 3 is 2.30 bits per heavy atom. The second-order valence-electron chi connectivity index (χ2n) is 5.03. The summed E-state index contributed by atoms with van der Waals surface area (Å²) in [5.41, 5.74) is 3.76. The van der Waals surface area contributed by atoms with E-state index in [1.807, 2.05) is 36.5 Å². The summed E-state index contributed by atoms with van der Waals surface area (Å²) >= 11 is 0. The maximum atomic E-state index is 5.25. The largest absolute Gasteiger partial charge is 0.497 e. The summed E-state index contributed by atoms with van der Waals surface area (Å²) in [5.74, 6) is 1.78. The van der Waals surface area contributed by atoms with Gasteiger partial charge in [0.05, 0.1) is 21.3 Å². The van der Waals surface area contributed by atoms with Gasteiger partial charge in [0.2, 0.25) is 11.8 Å². The van der Waals surface area contributed by atoms with E-state index < -0.39 is 0 Å². The lowest BCUT2D eigenvalue weighted by molar-refractivity contribution is 0.364. The van der Waals surface area contributed by atoms with Crippen LogP contribution in [-0.4, -0.2) is 31.3 Å². The predicted molar refractivity (Wildman–Crippen MR) is 90.3 cm³/mol. The molecule has 0 saturated heterocycles. The Labute approximate surface area is 134 Å². The highest BCUT2D eigenvalue weighted by atomic mass is 16.5. The van der Waals surface area contributed by atoms with Crippen molar-refractivity contribution in [1.29, 1.82) is 0 Å². The molecule has 2 heterocycles. The number of pyridine rings is 1. The van der Waals surface area contributed by atoms with Crippen LogP contribution < -0.4 is 14.2 Å². The molecule has 0 radical (unpaired) electrons. The van der Waals surface area contributed by atoms with Crippen molar-refractivity contribution >= 4 is 16.5 Å². The Kier molecular flexibility index (Phi) is 3.93. The van der Waals surface area contributed by atoms with Gasteiger partial charge in [-0.2, -0.15) is 4.98 Å². The second-order valence-corrected chi connectivity index (χ2v) is 5.03. The Morgan fingerprint density at radius 1 is 1.00 bits per heavy atom. The van der Waals surface area contributed by atoms with Crippen molar-refractivity contribution in [1.82, 2.24) is 9.97 Å². The fraction of sp³-hybridized carbons (Fsp3) is 0.167. The van der Waals surface area contributed by atoms with Crippen molar-refractivity contribution in [2.75, 3.05) is 21.3 Å². The Morgan fingerprint density at radius 2 is 1.70 bits per heavy atom. The van der Waals surface area contributed by atoms with Crippen LogP contribution in [-0.2, 0) is 0 Å². The van der Waals surface area contributed by atoms with Gasteiger partial charge < -0.3 is 19.2 Å². The van der Waals surface area contributed by atoms with Gasteiger partial charge in [0.25, 0.3) is 0 Å². The van der Waals surface area contributed by atoms with Crippen molar-refractivity contribution in [2.24, 2.45) is 0 Å². The zero-order valence-corrected chi connectivity index (χ0v) is 13.3. The number of fused-ring (bicyclic) bond motifs is 1. The van der Waals surface area contributed by atoms with Crippen LogP contribution in [0.25, 0.3) is 16.5 Å². The second kappa shape index (κ2) is 6.04. The Hall–Kier alpha value is -2.95. The highest BCUT2D eigenvalue weighted by molar-refractivity contribution is 5.96. The Bertz CT molecular complexity index is 846. The number of benzene rings is 1. The number of aromatic nitrogens is 2. The molecular formula is C18H18N2O3. The van der Waals surface area contributed by atoms with E-state index in [2.05, 4.69) is 16.5 Å². The minimum absolute atomic E-state index is 0.488. The van der Waals surface area contributed by atoms with Gasteiger partial charge in [-0.1, -0.05) is 6.58 Å². The standard InChI is InChI=1S/C18H18N2O3/c1-11(12-7-17(22-3)20-18(8-12)23-4)15-10-19-16-9-13(21-2)5-6-14(15)16/h5-10,19H,1H2,2-4H3. The number of nitrogens with zero attached hydrogens (tertiary/aromatic N) is 1. The van der Waals surface area contributed by atoms with E-state index >= 15 is 0 Å². The molecule has 0 aliphatic heterocycles. The smallest absolute Gasteiger partial charge is 0.216 e. The molecule has 0 aliphatic rings. The average molecular weight is 310 g/mol. The molecule has 23 heavy (non-hydrogen) atoms. The van der Waals surface area contributed by atoms with E-state index in [0.29, 0.717) is 11.8 Å². The molecule has 0 bridgehead atoms. The van der Waals surface area contributed by atoms with Crippen molar-refractivity contribution < 1.29 is 14.2 Å². The van der Waals surface area contributed by atoms with Gasteiger partial charge in [0, 0.05) is 40.9 Å². The number of hydrogen-bond donors (Lipinski definition) is 1. The van der Waals surface area contributed by atoms with E-state index in [1.54, 1.807) is 21.3 Å². The highest BCUT2D eigenvalue weighted by Gasteiger charge is 2.12. The van der Waals surface area contributed by atoms with Crippen LogP contribution in [0.2, 0.25) is 0 Å². The van der Waals surface area contributed by atoms with Crippen LogP contribution in [0.5, 0.6) is 17.5 Å². The SMILES string of the molecule is C=C(c1cc(OC)nc(OC)c1)c1c[nH]c2cc(OC)ccc12. The topological polar surface area (TPSA) is 56.4 Å². The first kappa shape index (κ1) is 15.0. The van der Waals surface area contributed by atoms with E-state index in [0.717, 1.165) is 33.4 Å². The zero-order chi connectivity index (χ0) is 16.4. The molecule has 0 aliphatic carbocycles. The van der Waals surface area contributed by atoms with E-state index in [-0.39, 0.29) is 0 Å². The lowest BCUT2D eigenvalue weighted by atomic mass is 10.00. The summed E-state index contributed by atoms with van der Waals surface area (Å²) in [6.45, 7) is 4.22. The van der Waals surface area contributed by atoms with Crippen LogP contribution in [0, 0.1) is 0 Å². The van der Waals surface area contributed by atoms with Crippen molar-refractivity contribution in [3.05, 3.63) is 54.2 Å². The first-order valence-electron chi connectivity index (χ1n) is 7.11. The molecule has 0 unspecified atom stereocenters. The normalized spacial score (nSPS) is 10.6. The van der Waals surface area contributed by atoms with E-state index in [4.69, 9.17) is 14.2 Å². The summed E-state index contributed by atoms with van der Waals surface area (Å²) in [6.07, 6.45) is 1.94. The molecule has 2 aromatic heterocycles. The van der Waals surface area contributed by atoms with E-state index in [9.17, 15) is 0 Å². The molecule has 0 spiro atoms. The Balaban J connectivity index is 2.07. The molecule has 5 heteroatoms. The van der Waals surface area contributed by atoms with Crippen molar-refractivity contribution in [3.63, 3.8) is 0 Å². The molecule has 0 atom stereocenters. The number of rotatable bonds is 5. The lowest BCUT2D eigenvalue weighted by Crippen LogP contribution is -1.95. The molecule has 3 aromatic rings. The highest BCUT2D eigenvalue weighted by Crippen LogP contribution is 2.32. The van der Waals surface area contributed by atoms with Gasteiger partial charge in [-0.25, -0.2) is 0 Å². The third-order valence-corrected chi connectivity index (χ3v) is 3.76. The van der Waals surface area contributed by atoms with Gasteiger partial charge in [0.15, 0.2) is 0 Å². The first-order valence-corrected chi connectivity index (χ1v) is 7.11. The lowest BCUT2D eigenvalue weighted by Gasteiger charge is -2.09. The molecule has 3 rings (SSSR count). The molecule has 0 amide bonds. The third kappa shape index (κ3) is 2.73. The molecule has 1 aromatic carbocycles. The van der Waals surface area contributed by atoms with Gasteiger partial charge in [-0.05, 0) is 23.3 Å². The van der Waals surface area contributed by atoms with Crippen LogP contribution in [0.1, 0.15) is 11.1 Å². The number of aromatic amines is 1. The predicted octanol–water partition coefficient (Wildman–Crippen LogP) is 3.65. The summed E-state index contributed by atoms with van der Waals surface area (Å²) in [4.78, 5) is 7.46. The molecule has 5 nitrogen and oxygen atoms in total.